The molecule has 1 aliphatic heterocycles. The highest BCUT2D eigenvalue weighted by molar-refractivity contribution is 5.77. The molecule has 1 aromatic carbocycles. The van der Waals surface area contributed by atoms with Gasteiger partial charge >= 0.3 is 0 Å². The Bertz CT molecular complexity index is 1130. The van der Waals surface area contributed by atoms with Gasteiger partial charge < -0.3 is 9.64 Å². The SMILES string of the molecule is COCCn1c(C2CCCN2c2ncnc3c2CCCC3)nc2ccccc2c1=O. The largest absolute Gasteiger partial charge is 0.383 e. The summed E-state index contributed by atoms with van der Waals surface area (Å²) in [4.78, 5) is 29.9. The molecule has 3 heterocycles. The van der Waals surface area contributed by atoms with Crippen LogP contribution in [0.15, 0.2) is 35.4 Å². The molecule has 156 valence electrons. The van der Waals surface area contributed by atoms with Crippen molar-refractivity contribution in [2.24, 2.45) is 0 Å². The van der Waals surface area contributed by atoms with Gasteiger partial charge in [-0.25, -0.2) is 15.0 Å². The number of methoxy groups -OCH3 is 1. The van der Waals surface area contributed by atoms with E-state index >= 15 is 0 Å². The Morgan fingerprint density at radius 1 is 1.13 bits per heavy atom. The fraction of sp³-hybridized carbons (Fsp3) is 0.478. The molecule has 5 rings (SSSR count). The van der Waals surface area contributed by atoms with Crippen LogP contribution in [0.5, 0.6) is 0 Å². The van der Waals surface area contributed by atoms with Gasteiger partial charge in [0.2, 0.25) is 0 Å². The van der Waals surface area contributed by atoms with E-state index in [4.69, 9.17) is 14.7 Å². The summed E-state index contributed by atoms with van der Waals surface area (Å²) in [7, 11) is 1.66. The van der Waals surface area contributed by atoms with Crippen molar-refractivity contribution in [3.63, 3.8) is 0 Å². The molecule has 7 heteroatoms. The fourth-order valence-electron chi connectivity index (χ4n) is 4.88. The predicted molar refractivity (Wildman–Crippen MR) is 116 cm³/mol. The van der Waals surface area contributed by atoms with Crippen LogP contribution in [0.2, 0.25) is 0 Å². The van der Waals surface area contributed by atoms with Crippen molar-refractivity contribution < 1.29 is 4.74 Å². The van der Waals surface area contributed by atoms with E-state index in [1.807, 2.05) is 28.8 Å². The number of aryl methyl sites for hydroxylation is 1. The van der Waals surface area contributed by atoms with Gasteiger partial charge in [0.1, 0.15) is 18.0 Å². The van der Waals surface area contributed by atoms with E-state index in [1.165, 1.54) is 24.1 Å². The number of benzene rings is 1. The van der Waals surface area contributed by atoms with Gasteiger partial charge in [-0.1, -0.05) is 12.1 Å². The lowest BCUT2D eigenvalue weighted by Gasteiger charge is -2.30. The topological polar surface area (TPSA) is 73.1 Å². The second-order valence-corrected chi connectivity index (χ2v) is 8.12. The zero-order valence-electron chi connectivity index (χ0n) is 17.4. The molecule has 2 aliphatic rings. The first-order valence-corrected chi connectivity index (χ1v) is 10.9. The number of nitrogens with zero attached hydrogens (tertiary/aromatic N) is 5. The molecule has 0 radical (unpaired) electrons. The molecule has 0 saturated carbocycles. The lowest BCUT2D eigenvalue weighted by Crippen LogP contribution is -2.34. The van der Waals surface area contributed by atoms with Crippen LogP contribution in [-0.4, -0.2) is 39.8 Å². The van der Waals surface area contributed by atoms with Crippen molar-refractivity contribution in [2.75, 3.05) is 25.2 Å². The molecule has 1 fully saturated rings. The number of rotatable bonds is 5. The van der Waals surface area contributed by atoms with Gasteiger partial charge in [0.05, 0.1) is 30.1 Å². The molecule has 1 atom stereocenters. The summed E-state index contributed by atoms with van der Waals surface area (Å²) in [6, 6.07) is 7.63. The second kappa shape index (κ2) is 8.14. The van der Waals surface area contributed by atoms with E-state index < -0.39 is 0 Å². The summed E-state index contributed by atoms with van der Waals surface area (Å²) >= 11 is 0. The number of aromatic nitrogens is 4. The summed E-state index contributed by atoms with van der Waals surface area (Å²) in [5.74, 6) is 1.85. The van der Waals surface area contributed by atoms with Gasteiger partial charge in [0, 0.05) is 24.9 Å². The van der Waals surface area contributed by atoms with Gasteiger partial charge in [-0.2, -0.15) is 0 Å². The molecule has 7 nitrogen and oxygen atoms in total. The molecule has 0 N–H and O–H groups in total. The van der Waals surface area contributed by atoms with E-state index in [0.717, 1.165) is 49.4 Å². The number of para-hydroxylation sites is 1. The van der Waals surface area contributed by atoms with Gasteiger partial charge in [0.15, 0.2) is 0 Å². The quantitative estimate of drug-likeness (QED) is 0.650. The Balaban J connectivity index is 1.63. The molecule has 1 aliphatic carbocycles. The van der Waals surface area contributed by atoms with E-state index in [1.54, 1.807) is 13.4 Å². The molecule has 0 bridgehead atoms. The van der Waals surface area contributed by atoms with Crippen LogP contribution < -0.4 is 10.5 Å². The molecule has 30 heavy (non-hydrogen) atoms. The number of hydrogen-bond acceptors (Lipinski definition) is 6. The average molecular weight is 406 g/mol. The molecule has 0 spiro atoms. The maximum absolute atomic E-state index is 13.3. The number of hydrogen-bond donors (Lipinski definition) is 0. The number of anilines is 1. The van der Waals surface area contributed by atoms with Crippen molar-refractivity contribution in [3.05, 3.63) is 58.0 Å². The maximum Gasteiger partial charge on any atom is 0.261 e. The molecular weight excluding hydrogens is 378 g/mol. The minimum Gasteiger partial charge on any atom is -0.383 e. The second-order valence-electron chi connectivity index (χ2n) is 8.12. The van der Waals surface area contributed by atoms with Crippen LogP contribution in [0.25, 0.3) is 10.9 Å². The zero-order chi connectivity index (χ0) is 20.5. The van der Waals surface area contributed by atoms with Crippen LogP contribution in [0, 0.1) is 0 Å². The molecule has 3 aromatic rings. The van der Waals surface area contributed by atoms with Gasteiger partial charge in [0.25, 0.3) is 5.56 Å². The summed E-state index contributed by atoms with van der Waals surface area (Å²) in [6.45, 7) is 1.89. The fourth-order valence-corrected chi connectivity index (χ4v) is 4.88. The molecule has 0 amide bonds. The van der Waals surface area contributed by atoms with E-state index in [9.17, 15) is 4.79 Å². The monoisotopic (exact) mass is 405 g/mol. The van der Waals surface area contributed by atoms with Crippen molar-refractivity contribution in [2.45, 2.75) is 51.1 Å². The lowest BCUT2D eigenvalue weighted by atomic mass is 9.96. The number of ether oxygens (including phenoxy) is 1. The first-order valence-electron chi connectivity index (χ1n) is 10.9. The highest BCUT2D eigenvalue weighted by Gasteiger charge is 2.33. The summed E-state index contributed by atoms with van der Waals surface area (Å²) in [5.41, 5.74) is 3.22. The summed E-state index contributed by atoms with van der Waals surface area (Å²) in [5, 5.41) is 0.654. The standard InChI is InChI=1S/C23H27N5O2/c1-30-14-13-28-22(26-19-10-5-3-8-17(19)23(28)29)20-11-6-12-27(20)21-16-7-2-4-9-18(16)24-15-25-21/h3,5,8,10,15,20H,2,4,6-7,9,11-14H2,1H3. The molecular formula is C23H27N5O2. The molecule has 2 aromatic heterocycles. The Morgan fingerprint density at radius 3 is 2.90 bits per heavy atom. The van der Waals surface area contributed by atoms with Crippen molar-refractivity contribution in [1.82, 2.24) is 19.5 Å². The Labute approximate surface area is 175 Å². The van der Waals surface area contributed by atoms with Crippen molar-refractivity contribution in [1.29, 1.82) is 0 Å². The normalized spacial score (nSPS) is 18.7. The first kappa shape index (κ1) is 19.2. The predicted octanol–water partition coefficient (Wildman–Crippen LogP) is 3.05. The van der Waals surface area contributed by atoms with Gasteiger partial charge in [-0.3, -0.25) is 9.36 Å². The number of fused-ring (bicyclic) bond motifs is 2. The van der Waals surface area contributed by atoms with Crippen LogP contribution in [0.3, 0.4) is 0 Å². The molecule has 1 saturated heterocycles. The lowest BCUT2D eigenvalue weighted by molar-refractivity contribution is 0.184. The van der Waals surface area contributed by atoms with Gasteiger partial charge in [-0.05, 0) is 50.7 Å². The summed E-state index contributed by atoms with van der Waals surface area (Å²) < 4.78 is 7.10. The highest BCUT2D eigenvalue weighted by Crippen LogP contribution is 2.38. The van der Waals surface area contributed by atoms with E-state index in [2.05, 4.69) is 9.88 Å². The third-order valence-electron chi connectivity index (χ3n) is 6.34. The van der Waals surface area contributed by atoms with E-state index in [-0.39, 0.29) is 11.6 Å². The summed E-state index contributed by atoms with van der Waals surface area (Å²) in [6.07, 6.45) is 8.12. The minimum atomic E-state index is 0.00390. The van der Waals surface area contributed by atoms with Crippen LogP contribution in [0.1, 0.15) is 48.8 Å². The minimum absolute atomic E-state index is 0.00390. The smallest absolute Gasteiger partial charge is 0.261 e. The third kappa shape index (κ3) is 3.27. The maximum atomic E-state index is 13.3. The third-order valence-corrected chi connectivity index (χ3v) is 6.34. The Kier molecular flexibility index (Phi) is 5.21. The first-order chi connectivity index (χ1) is 14.8. The van der Waals surface area contributed by atoms with Crippen molar-refractivity contribution >= 4 is 16.7 Å². The van der Waals surface area contributed by atoms with E-state index in [0.29, 0.717) is 18.5 Å². The van der Waals surface area contributed by atoms with Crippen LogP contribution in [-0.2, 0) is 24.1 Å². The highest BCUT2D eigenvalue weighted by atomic mass is 16.5. The van der Waals surface area contributed by atoms with Gasteiger partial charge in [-0.15, -0.1) is 0 Å². The Morgan fingerprint density at radius 2 is 2.00 bits per heavy atom. The Hall–Kier alpha value is -2.80. The molecule has 1 unspecified atom stereocenters. The average Bonchev–Trinajstić information content (AvgIpc) is 3.27. The van der Waals surface area contributed by atoms with Crippen LogP contribution >= 0.6 is 0 Å². The van der Waals surface area contributed by atoms with Crippen LogP contribution in [0.4, 0.5) is 5.82 Å². The zero-order valence-corrected chi connectivity index (χ0v) is 17.4. The van der Waals surface area contributed by atoms with Crippen molar-refractivity contribution in [3.8, 4) is 0 Å².